The molecule has 8 heteroatoms. The molecular weight excluding hydrogens is 348 g/mol. The van der Waals surface area contributed by atoms with Crippen molar-refractivity contribution in [3.63, 3.8) is 0 Å². The number of rotatable bonds is 9. The fourth-order valence-corrected chi connectivity index (χ4v) is 3.66. The first kappa shape index (κ1) is 19.2. The van der Waals surface area contributed by atoms with Crippen LogP contribution in [0.25, 0.3) is 11.0 Å². The minimum atomic E-state index is -0.814. The number of carboxylic acids is 1. The van der Waals surface area contributed by atoms with E-state index in [9.17, 15) is 14.4 Å². The Balaban J connectivity index is 1.37. The van der Waals surface area contributed by atoms with Crippen molar-refractivity contribution in [2.75, 3.05) is 13.1 Å². The lowest BCUT2D eigenvalue weighted by molar-refractivity contribution is -0.139. The molecule has 0 aliphatic heterocycles. The number of likely N-dealkylation sites (N-methyl/N-ethyl adjacent to an activating group) is 1. The highest BCUT2D eigenvalue weighted by Gasteiger charge is 2.34. The molecule has 1 aliphatic carbocycles. The molecule has 3 rings (SSSR count). The Bertz CT molecular complexity index is 866. The van der Waals surface area contributed by atoms with Gasteiger partial charge in [0.25, 0.3) is 0 Å². The number of benzene rings is 1. The van der Waals surface area contributed by atoms with Crippen LogP contribution >= 0.6 is 0 Å². The van der Waals surface area contributed by atoms with E-state index in [0.717, 1.165) is 42.3 Å². The van der Waals surface area contributed by atoms with Crippen molar-refractivity contribution in [3.8, 4) is 0 Å². The monoisotopic (exact) mass is 374 g/mol. The van der Waals surface area contributed by atoms with Gasteiger partial charge in [0.05, 0.1) is 17.6 Å². The first-order valence-electron chi connectivity index (χ1n) is 9.40. The van der Waals surface area contributed by atoms with E-state index in [-0.39, 0.29) is 30.2 Å². The summed E-state index contributed by atoms with van der Waals surface area (Å²) in [7, 11) is 0. The van der Waals surface area contributed by atoms with Gasteiger partial charge in [-0.3, -0.25) is 14.5 Å². The van der Waals surface area contributed by atoms with Crippen molar-refractivity contribution in [2.45, 2.75) is 51.1 Å². The van der Waals surface area contributed by atoms with Crippen molar-refractivity contribution in [1.82, 2.24) is 20.2 Å². The number of aromatic amines is 2. The molecule has 1 amide bonds. The molecule has 27 heavy (non-hydrogen) atoms. The van der Waals surface area contributed by atoms with Gasteiger partial charge in [0.15, 0.2) is 0 Å². The van der Waals surface area contributed by atoms with E-state index in [1.807, 2.05) is 30.0 Å². The number of fused-ring (bicyclic) bond motifs is 1. The summed E-state index contributed by atoms with van der Waals surface area (Å²) in [5.41, 5.74) is 2.43. The lowest BCUT2D eigenvalue weighted by Gasteiger charge is -2.42. The lowest BCUT2D eigenvalue weighted by Crippen LogP contribution is -2.54. The number of hydrogen-bond donors (Lipinski definition) is 4. The van der Waals surface area contributed by atoms with Gasteiger partial charge in [-0.1, -0.05) is 13.0 Å². The number of nitrogens with one attached hydrogen (secondary N) is 3. The van der Waals surface area contributed by atoms with Crippen molar-refractivity contribution in [2.24, 2.45) is 0 Å². The molecule has 1 saturated carbocycles. The number of hydrogen-bond acceptors (Lipinski definition) is 4. The van der Waals surface area contributed by atoms with Crippen molar-refractivity contribution >= 4 is 22.9 Å². The summed E-state index contributed by atoms with van der Waals surface area (Å²) < 4.78 is 0. The second-order valence-electron chi connectivity index (χ2n) is 7.16. The Labute approximate surface area is 157 Å². The average molecular weight is 374 g/mol. The molecule has 1 heterocycles. The smallest absolute Gasteiger partial charge is 0.323 e. The summed E-state index contributed by atoms with van der Waals surface area (Å²) in [4.78, 5) is 41.6. The van der Waals surface area contributed by atoms with E-state index in [1.165, 1.54) is 0 Å². The highest BCUT2D eigenvalue weighted by Crippen LogP contribution is 2.25. The molecule has 1 aromatic carbocycles. The number of aromatic nitrogens is 2. The van der Waals surface area contributed by atoms with Crippen molar-refractivity contribution in [1.29, 1.82) is 0 Å². The van der Waals surface area contributed by atoms with Crippen LogP contribution in [-0.4, -0.2) is 57.0 Å². The molecule has 0 bridgehead atoms. The lowest BCUT2D eigenvalue weighted by atomic mass is 9.85. The molecule has 1 aliphatic rings. The van der Waals surface area contributed by atoms with Crippen LogP contribution in [0.1, 0.15) is 38.2 Å². The predicted molar refractivity (Wildman–Crippen MR) is 102 cm³/mol. The molecule has 0 spiro atoms. The zero-order valence-corrected chi connectivity index (χ0v) is 15.5. The molecule has 0 radical (unpaired) electrons. The van der Waals surface area contributed by atoms with Gasteiger partial charge in [-0.05, 0) is 49.9 Å². The highest BCUT2D eigenvalue weighted by molar-refractivity contribution is 5.77. The number of amides is 1. The van der Waals surface area contributed by atoms with Gasteiger partial charge in [-0.25, -0.2) is 4.79 Å². The fraction of sp³-hybridized carbons (Fsp3) is 0.526. The maximum Gasteiger partial charge on any atom is 0.323 e. The molecule has 1 aromatic heterocycles. The van der Waals surface area contributed by atoms with Crippen LogP contribution < -0.4 is 11.0 Å². The number of H-pyrrole nitrogens is 2. The van der Waals surface area contributed by atoms with Crippen LogP contribution in [0, 0.1) is 0 Å². The Morgan fingerprint density at radius 1 is 1.26 bits per heavy atom. The third kappa shape index (κ3) is 4.97. The maximum absolute atomic E-state index is 12.1. The van der Waals surface area contributed by atoms with Crippen LogP contribution in [0.15, 0.2) is 23.0 Å². The van der Waals surface area contributed by atoms with Gasteiger partial charge in [-0.15, -0.1) is 0 Å². The molecule has 4 N–H and O–H groups in total. The molecule has 0 unspecified atom stereocenters. The van der Waals surface area contributed by atoms with Crippen LogP contribution in [0.2, 0.25) is 0 Å². The summed E-state index contributed by atoms with van der Waals surface area (Å²) in [6, 6.07) is 6.15. The predicted octanol–water partition coefficient (Wildman–Crippen LogP) is 1.23. The second kappa shape index (κ2) is 8.39. The molecule has 0 saturated heterocycles. The minimum absolute atomic E-state index is 0.0378. The number of nitrogens with zero attached hydrogens (tertiary/aromatic N) is 1. The molecule has 0 atom stereocenters. The van der Waals surface area contributed by atoms with Crippen LogP contribution in [0.4, 0.5) is 0 Å². The van der Waals surface area contributed by atoms with Crippen molar-refractivity contribution < 1.29 is 14.7 Å². The van der Waals surface area contributed by atoms with Gasteiger partial charge < -0.3 is 20.4 Å². The summed E-state index contributed by atoms with van der Waals surface area (Å²) in [6.07, 6.45) is 3.58. The van der Waals surface area contributed by atoms with E-state index in [2.05, 4.69) is 15.3 Å². The number of carbonyl (C=O) groups is 2. The maximum atomic E-state index is 12.1. The molecule has 146 valence electrons. The fourth-order valence-electron chi connectivity index (χ4n) is 3.66. The zero-order valence-electron chi connectivity index (χ0n) is 15.5. The molecular formula is C19H26N4O4. The zero-order chi connectivity index (χ0) is 19.4. The van der Waals surface area contributed by atoms with E-state index in [0.29, 0.717) is 13.0 Å². The summed E-state index contributed by atoms with van der Waals surface area (Å²) in [5, 5.41) is 11.9. The normalized spacial score (nSPS) is 19.2. The van der Waals surface area contributed by atoms with Gasteiger partial charge in [0.1, 0.15) is 0 Å². The number of carbonyl (C=O) groups excluding carboxylic acids is 1. The van der Waals surface area contributed by atoms with Crippen LogP contribution in [0.3, 0.4) is 0 Å². The molecule has 1 fully saturated rings. The van der Waals surface area contributed by atoms with Gasteiger partial charge >= 0.3 is 11.7 Å². The topological polar surface area (TPSA) is 118 Å². The van der Waals surface area contributed by atoms with Crippen LogP contribution in [0.5, 0.6) is 0 Å². The Morgan fingerprint density at radius 2 is 2.00 bits per heavy atom. The Morgan fingerprint density at radius 3 is 2.70 bits per heavy atom. The number of carboxylic acid groups (broad SMARTS) is 1. The van der Waals surface area contributed by atoms with Crippen molar-refractivity contribution in [3.05, 3.63) is 34.2 Å². The van der Waals surface area contributed by atoms with Gasteiger partial charge in [0.2, 0.25) is 5.91 Å². The Hall–Kier alpha value is -2.61. The summed E-state index contributed by atoms with van der Waals surface area (Å²) in [6.45, 7) is 2.71. The highest BCUT2D eigenvalue weighted by atomic mass is 16.4. The van der Waals surface area contributed by atoms with Crippen LogP contribution in [-0.2, 0) is 16.0 Å². The van der Waals surface area contributed by atoms with Gasteiger partial charge in [0, 0.05) is 18.5 Å². The SMILES string of the molecule is CCN(CC(=O)O)C1CC(NC(=O)CCCc2ccc3[nH]c(=O)[nH]c3c2)C1. The first-order chi connectivity index (χ1) is 12.9. The Kier molecular flexibility index (Phi) is 5.95. The largest absolute Gasteiger partial charge is 0.480 e. The number of aliphatic carboxylic acids is 1. The molecule has 2 aromatic rings. The quantitative estimate of drug-likeness (QED) is 0.526. The molecule has 8 nitrogen and oxygen atoms in total. The third-order valence-corrected chi connectivity index (χ3v) is 5.19. The standard InChI is InChI=1S/C19H26N4O4/c1-2-23(11-18(25)26)14-9-13(10-14)20-17(24)5-3-4-12-6-7-15-16(8-12)22-19(27)21-15/h6-8,13-14H,2-5,9-11H2,1H3,(H,20,24)(H,25,26)(H2,21,22,27). The second-order valence-corrected chi connectivity index (χ2v) is 7.16. The van der Waals surface area contributed by atoms with Gasteiger partial charge in [-0.2, -0.15) is 0 Å². The average Bonchev–Trinajstić information content (AvgIpc) is 2.95. The number of imidazole rings is 1. The van der Waals surface area contributed by atoms with E-state index in [4.69, 9.17) is 5.11 Å². The summed E-state index contributed by atoms with van der Waals surface area (Å²) >= 11 is 0. The first-order valence-corrected chi connectivity index (χ1v) is 9.40. The summed E-state index contributed by atoms with van der Waals surface area (Å²) in [5.74, 6) is -0.776. The third-order valence-electron chi connectivity index (χ3n) is 5.19. The van der Waals surface area contributed by atoms with E-state index < -0.39 is 5.97 Å². The van der Waals surface area contributed by atoms with E-state index in [1.54, 1.807) is 0 Å². The minimum Gasteiger partial charge on any atom is -0.480 e. The van der Waals surface area contributed by atoms with E-state index >= 15 is 0 Å². The number of aryl methyl sites for hydroxylation is 1.